The van der Waals surface area contributed by atoms with E-state index in [0.717, 1.165) is 16.8 Å². The second-order valence-electron chi connectivity index (χ2n) is 4.88. The van der Waals surface area contributed by atoms with Crippen molar-refractivity contribution in [3.8, 4) is 17.1 Å². The van der Waals surface area contributed by atoms with Gasteiger partial charge in [0.1, 0.15) is 0 Å². The smallest absolute Gasteiger partial charge is 0.376 e. The van der Waals surface area contributed by atoms with Crippen molar-refractivity contribution in [2.75, 3.05) is 7.11 Å². The lowest BCUT2D eigenvalue weighted by molar-refractivity contribution is 0.0584. The van der Waals surface area contributed by atoms with Gasteiger partial charge >= 0.3 is 5.97 Å². The maximum Gasteiger partial charge on any atom is 0.376 e. The SMILES string of the molecule is COC(=O)c1nnc(-c2ccccc2)n1-c1ccc(C)cc1. The quantitative estimate of drug-likeness (QED) is 0.696. The van der Waals surface area contributed by atoms with Crippen molar-refractivity contribution in [1.82, 2.24) is 14.8 Å². The van der Waals surface area contributed by atoms with Gasteiger partial charge in [0, 0.05) is 11.3 Å². The van der Waals surface area contributed by atoms with Crippen molar-refractivity contribution in [3.05, 3.63) is 66.0 Å². The Hall–Kier alpha value is -2.95. The highest BCUT2D eigenvalue weighted by Crippen LogP contribution is 2.23. The molecule has 2 aromatic carbocycles. The molecule has 0 unspecified atom stereocenters. The Morgan fingerprint density at radius 3 is 2.32 bits per heavy atom. The van der Waals surface area contributed by atoms with Crippen LogP contribution in [-0.4, -0.2) is 27.8 Å². The van der Waals surface area contributed by atoms with Gasteiger partial charge < -0.3 is 4.74 Å². The standard InChI is InChI=1S/C17H15N3O2/c1-12-8-10-14(11-9-12)20-15(13-6-4-3-5-7-13)18-19-16(20)17(21)22-2/h3-11H,1-2H3. The molecule has 0 amide bonds. The molecule has 0 saturated heterocycles. The summed E-state index contributed by atoms with van der Waals surface area (Å²) in [6, 6.07) is 17.4. The summed E-state index contributed by atoms with van der Waals surface area (Å²) < 4.78 is 6.52. The first-order valence-corrected chi connectivity index (χ1v) is 6.87. The fourth-order valence-electron chi connectivity index (χ4n) is 2.22. The van der Waals surface area contributed by atoms with E-state index in [1.54, 1.807) is 4.57 Å². The van der Waals surface area contributed by atoms with Gasteiger partial charge in [0.05, 0.1) is 7.11 Å². The maximum absolute atomic E-state index is 12.0. The Morgan fingerprint density at radius 1 is 1.00 bits per heavy atom. The van der Waals surface area contributed by atoms with Crippen LogP contribution in [0.1, 0.15) is 16.2 Å². The molecule has 0 aliphatic rings. The van der Waals surface area contributed by atoms with Gasteiger partial charge in [0.25, 0.3) is 0 Å². The summed E-state index contributed by atoms with van der Waals surface area (Å²) in [4.78, 5) is 12.0. The van der Waals surface area contributed by atoms with Crippen molar-refractivity contribution >= 4 is 5.97 Å². The number of esters is 1. The molecule has 0 bridgehead atoms. The second kappa shape index (κ2) is 5.81. The number of hydrogen-bond acceptors (Lipinski definition) is 4. The molecule has 5 nitrogen and oxygen atoms in total. The first kappa shape index (κ1) is 14.0. The molecule has 1 heterocycles. The van der Waals surface area contributed by atoms with Gasteiger partial charge in [-0.2, -0.15) is 0 Å². The van der Waals surface area contributed by atoms with Crippen LogP contribution in [-0.2, 0) is 4.74 Å². The van der Waals surface area contributed by atoms with E-state index in [9.17, 15) is 4.79 Å². The van der Waals surface area contributed by atoms with Gasteiger partial charge in [-0.15, -0.1) is 10.2 Å². The topological polar surface area (TPSA) is 57.0 Å². The minimum absolute atomic E-state index is 0.158. The number of carbonyl (C=O) groups is 1. The third-order valence-electron chi connectivity index (χ3n) is 3.36. The zero-order valence-corrected chi connectivity index (χ0v) is 12.4. The molecule has 22 heavy (non-hydrogen) atoms. The van der Waals surface area contributed by atoms with Crippen LogP contribution in [0.25, 0.3) is 17.1 Å². The van der Waals surface area contributed by atoms with Crippen molar-refractivity contribution in [2.45, 2.75) is 6.92 Å². The Labute approximate surface area is 128 Å². The van der Waals surface area contributed by atoms with Crippen molar-refractivity contribution in [3.63, 3.8) is 0 Å². The van der Waals surface area contributed by atoms with Crippen LogP contribution < -0.4 is 0 Å². The van der Waals surface area contributed by atoms with Gasteiger partial charge in [-0.05, 0) is 19.1 Å². The highest BCUT2D eigenvalue weighted by Gasteiger charge is 2.21. The Kier molecular flexibility index (Phi) is 3.70. The Morgan fingerprint density at radius 2 is 1.68 bits per heavy atom. The molecule has 1 aromatic heterocycles. The molecule has 0 N–H and O–H groups in total. The first-order chi connectivity index (χ1) is 10.7. The molecule has 3 rings (SSSR count). The molecule has 110 valence electrons. The molecule has 0 spiro atoms. The van der Waals surface area contributed by atoms with E-state index in [1.165, 1.54) is 7.11 Å². The molecule has 5 heteroatoms. The van der Waals surface area contributed by atoms with Crippen LogP contribution in [0.5, 0.6) is 0 Å². The number of aromatic nitrogens is 3. The number of methoxy groups -OCH3 is 1. The summed E-state index contributed by atoms with van der Waals surface area (Å²) in [6.45, 7) is 2.01. The van der Waals surface area contributed by atoms with E-state index in [-0.39, 0.29) is 5.82 Å². The van der Waals surface area contributed by atoms with Crippen LogP contribution in [0.15, 0.2) is 54.6 Å². The van der Waals surface area contributed by atoms with Crippen LogP contribution in [0.2, 0.25) is 0 Å². The number of carbonyl (C=O) groups excluding carboxylic acids is 1. The molecule has 0 radical (unpaired) electrons. The predicted molar refractivity (Wildman–Crippen MR) is 82.9 cm³/mol. The van der Waals surface area contributed by atoms with E-state index in [1.807, 2.05) is 61.5 Å². The average molecular weight is 293 g/mol. The zero-order chi connectivity index (χ0) is 15.5. The molecule has 0 atom stereocenters. The lowest BCUT2D eigenvalue weighted by atomic mass is 10.2. The van der Waals surface area contributed by atoms with E-state index in [0.29, 0.717) is 5.82 Å². The number of rotatable bonds is 3. The van der Waals surface area contributed by atoms with Gasteiger partial charge in [-0.1, -0.05) is 48.0 Å². The summed E-state index contributed by atoms with van der Waals surface area (Å²) in [6.07, 6.45) is 0. The molecule has 0 aliphatic carbocycles. The summed E-state index contributed by atoms with van der Waals surface area (Å²) >= 11 is 0. The molecular weight excluding hydrogens is 278 g/mol. The third-order valence-corrected chi connectivity index (χ3v) is 3.36. The Bertz CT molecular complexity index is 793. The molecule has 0 saturated carbocycles. The first-order valence-electron chi connectivity index (χ1n) is 6.87. The summed E-state index contributed by atoms with van der Waals surface area (Å²) in [5.41, 5.74) is 2.83. The van der Waals surface area contributed by atoms with Crippen LogP contribution in [0, 0.1) is 6.92 Å². The minimum Gasteiger partial charge on any atom is -0.463 e. The normalized spacial score (nSPS) is 10.5. The summed E-state index contributed by atoms with van der Waals surface area (Å²) in [7, 11) is 1.33. The van der Waals surface area contributed by atoms with E-state index in [4.69, 9.17) is 4.74 Å². The number of hydrogen-bond donors (Lipinski definition) is 0. The molecule has 3 aromatic rings. The van der Waals surface area contributed by atoms with E-state index < -0.39 is 5.97 Å². The Balaban J connectivity index is 2.22. The van der Waals surface area contributed by atoms with Crippen molar-refractivity contribution < 1.29 is 9.53 Å². The van der Waals surface area contributed by atoms with Crippen molar-refractivity contribution in [2.24, 2.45) is 0 Å². The number of benzene rings is 2. The third kappa shape index (κ3) is 2.48. The monoisotopic (exact) mass is 293 g/mol. The number of aryl methyl sites for hydroxylation is 1. The zero-order valence-electron chi connectivity index (χ0n) is 12.4. The maximum atomic E-state index is 12.0. The fraction of sp³-hybridized carbons (Fsp3) is 0.118. The molecular formula is C17H15N3O2. The summed E-state index contributed by atoms with van der Waals surface area (Å²) in [5.74, 6) is 0.241. The molecule has 0 fully saturated rings. The van der Waals surface area contributed by atoms with Crippen LogP contribution in [0.4, 0.5) is 0 Å². The van der Waals surface area contributed by atoms with Crippen LogP contribution in [0.3, 0.4) is 0 Å². The molecule has 0 aliphatic heterocycles. The van der Waals surface area contributed by atoms with Crippen LogP contribution >= 0.6 is 0 Å². The number of ether oxygens (including phenoxy) is 1. The fourth-order valence-corrected chi connectivity index (χ4v) is 2.22. The lowest BCUT2D eigenvalue weighted by Crippen LogP contribution is -2.11. The lowest BCUT2D eigenvalue weighted by Gasteiger charge is -2.10. The highest BCUT2D eigenvalue weighted by atomic mass is 16.5. The summed E-state index contributed by atoms with van der Waals surface area (Å²) in [5, 5.41) is 8.17. The van der Waals surface area contributed by atoms with Gasteiger partial charge in [-0.25, -0.2) is 4.79 Å². The van der Waals surface area contributed by atoms with Gasteiger partial charge in [0.2, 0.25) is 5.82 Å². The van der Waals surface area contributed by atoms with E-state index >= 15 is 0 Å². The van der Waals surface area contributed by atoms with Crippen molar-refractivity contribution in [1.29, 1.82) is 0 Å². The van der Waals surface area contributed by atoms with Gasteiger partial charge in [-0.3, -0.25) is 4.57 Å². The predicted octanol–water partition coefficient (Wildman–Crippen LogP) is 3.03. The average Bonchev–Trinajstić information content (AvgIpc) is 3.00. The minimum atomic E-state index is -0.518. The van der Waals surface area contributed by atoms with Gasteiger partial charge in [0.15, 0.2) is 5.82 Å². The second-order valence-corrected chi connectivity index (χ2v) is 4.88. The number of nitrogens with zero attached hydrogens (tertiary/aromatic N) is 3. The van der Waals surface area contributed by atoms with E-state index in [2.05, 4.69) is 10.2 Å². The largest absolute Gasteiger partial charge is 0.463 e. The highest BCUT2D eigenvalue weighted by molar-refractivity contribution is 5.87.